The summed E-state index contributed by atoms with van der Waals surface area (Å²) in [7, 11) is 0. The van der Waals surface area contributed by atoms with Gasteiger partial charge in [-0.3, -0.25) is 14.7 Å². The van der Waals surface area contributed by atoms with Gasteiger partial charge in [-0.15, -0.1) is 0 Å². The molecule has 120 valence electrons. The van der Waals surface area contributed by atoms with Crippen molar-refractivity contribution >= 4 is 11.9 Å². The molecule has 0 aliphatic carbocycles. The Labute approximate surface area is 130 Å². The zero-order valence-corrected chi connectivity index (χ0v) is 13.2. The quantitative estimate of drug-likeness (QED) is 0.852. The smallest absolute Gasteiger partial charge is 0.411 e. The molecule has 1 saturated heterocycles. The van der Waals surface area contributed by atoms with Gasteiger partial charge in [0.25, 0.3) is 0 Å². The average Bonchev–Trinajstić information content (AvgIpc) is 2.46. The molecule has 6 nitrogen and oxygen atoms in total. The van der Waals surface area contributed by atoms with Crippen molar-refractivity contribution in [3.05, 3.63) is 30.1 Å². The SMILES string of the molecule is CC(C)(C)OC(=O)N1CCOCC1C(=O)Cc1ccncc1. The maximum Gasteiger partial charge on any atom is 0.411 e. The highest BCUT2D eigenvalue weighted by molar-refractivity contribution is 5.89. The molecular formula is C16H22N2O4. The van der Waals surface area contributed by atoms with Gasteiger partial charge in [0.15, 0.2) is 5.78 Å². The molecule has 0 N–H and O–H groups in total. The van der Waals surface area contributed by atoms with E-state index in [1.54, 1.807) is 45.3 Å². The van der Waals surface area contributed by atoms with Crippen LogP contribution in [0.4, 0.5) is 4.79 Å². The van der Waals surface area contributed by atoms with Crippen LogP contribution in [0.3, 0.4) is 0 Å². The Balaban J connectivity index is 2.05. The molecule has 2 rings (SSSR count). The monoisotopic (exact) mass is 306 g/mol. The van der Waals surface area contributed by atoms with Gasteiger partial charge < -0.3 is 9.47 Å². The van der Waals surface area contributed by atoms with Crippen LogP contribution in [0.25, 0.3) is 0 Å². The van der Waals surface area contributed by atoms with Gasteiger partial charge in [0.05, 0.1) is 13.2 Å². The maximum atomic E-state index is 12.5. The summed E-state index contributed by atoms with van der Waals surface area (Å²) in [6, 6.07) is 2.98. The van der Waals surface area contributed by atoms with E-state index in [0.29, 0.717) is 13.2 Å². The summed E-state index contributed by atoms with van der Waals surface area (Å²) >= 11 is 0. The zero-order chi connectivity index (χ0) is 16.2. The highest BCUT2D eigenvalue weighted by atomic mass is 16.6. The number of carbonyl (C=O) groups excluding carboxylic acids is 2. The molecule has 22 heavy (non-hydrogen) atoms. The van der Waals surface area contributed by atoms with E-state index in [-0.39, 0.29) is 18.8 Å². The fourth-order valence-electron chi connectivity index (χ4n) is 2.23. The predicted octanol–water partition coefficient (Wildman–Crippen LogP) is 1.83. The van der Waals surface area contributed by atoms with Crippen LogP contribution in [0.1, 0.15) is 26.3 Å². The van der Waals surface area contributed by atoms with Gasteiger partial charge in [0.2, 0.25) is 0 Å². The van der Waals surface area contributed by atoms with Crippen molar-refractivity contribution in [2.45, 2.75) is 38.8 Å². The van der Waals surface area contributed by atoms with Crippen LogP contribution in [-0.2, 0) is 20.7 Å². The Morgan fingerprint density at radius 2 is 2.05 bits per heavy atom. The van der Waals surface area contributed by atoms with E-state index in [1.165, 1.54) is 4.90 Å². The number of hydrogen-bond donors (Lipinski definition) is 0. The molecule has 1 aromatic heterocycles. The molecular weight excluding hydrogens is 284 g/mol. The highest BCUT2D eigenvalue weighted by Gasteiger charge is 2.35. The number of pyridine rings is 1. The Bertz CT molecular complexity index is 525. The number of amides is 1. The minimum absolute atomic E-state index is 0.0586. The van der Waals surface area contributed by atoms with E-state index in [4.69, 9.17) is 9.47 Å². The van der Waals surface area contributed by atoms with E-state index in [9.17, 15) is 9.59 Å². The number of carbonyl (C=O) groups is 2. The van der Waals surface area contributed by atoms with Crippen molar-refractivity contribution < 1.29 is 19.1 Å². The zero-order valence-electron chi connectivity index (χ0n) is 13.2. The number of hydrogen-bond acceptors (Lipinski definition) is 5. The van der Waals surface area contributed by atoms with E-state index in [0.717, 1.165) is 5.56 Å². The second-order valence-electron chi connectivity index (χ2n) is 6.26. The van der Waals surface area contributed by atoms with Gasteiger partial charge in [-0.1, -0.05) is 0 Å². The number of Topliss-reactive ketones (excluding diaryl/α,β-unsaturated/α-hetero) is 1. The number of rotatable bonds is 3. The molecule has 2 heterocycles. The molecule has 0 bridgehead atoms. The standard InChI is InChI=1S/C16H22N2O4/c1-16(2,3)22-15(20)18-8-9-21-11-13(18)14(19)10-12-4-6-17-7-5-12/h4-7,13H,8-11H2,1-3H3. The van der Waals surface area contributed by atoms with Crippen molar-refractivity contribution in [1.82, 2.24) is 9.88 Å². The van der Waals surface area contributed by atoms with Gasteiger partial charge >= 0.3 is 6.09 Å². The first-order valence-electron chi connectivity index (χ1n) is 7.36. The van der Waals surface area contributed by atoms with Gasteiger partial charge in [-0.25, -0.2) is 4.79 Å². The minimum atomic E-state index is -0.600. The fraction of sp³-hybridized carbons (Fsp3) is 0.562. The Morgan fingerprint density at radius 1 is 1.36 bits per heavy atom. The lowest BCUT2D eigenvalue weighted by Gasteiger charge is -2.35. The van der Waals surface area contributed by atoms with Gasteiger partial charge in [0.1, 0.15) is 11.6 Å². The van der Waals surface area contributed by atoms with Crippen LogP contribution >= 0.6 is 0 Å². The van der Waals surface area contributed by atoms with Crippen LogP contribution in [0.5, 0.6) is 0 Å². The molecule has 0 radical (unpaired) electrons. The highest BCUT2D eigenvalue weighted by Crippen LogP contribution is 2.16. The molecule has 1 fully saturated rings. The second kappa shape index (κ2) is 6.87. The number of morpholine rings is 1. The summed E-state index contributed by atoms with van der Waals surface area (Å²) in [6.45, 7) is 6.40. The topological polar surface area (TPSA) is 68.7 Å². The third-order valence-electron chi connectivity index (χ3n) is 3.26. The summed E-state index contributed by atoms with van der Waals surface area (Å²) in [6.07, 6.45) is 3.07. The Kier molecular flexibility index (Phi) is 5.13. The Hall–Kier alpha value is -1.95. The normalized spacial score (nSPS) is 18.9. The summed E-state index contributed by atoms with van der Waals surface area (Å²) in [5, 5.41) is 0. The molecule has 1 aromatic rings. The lowest BCUT2D eigenvalue weighted by Crippen LogP contribution is -2.54. The van der Waals surface area contributed by atoms with Gasteiger partial charge in [-0.05, 0) is 38.5 Å². The molecule has 1 atom stereocenters. The number of aromatic nitrogens is 1. The van der Waals surface area contributed by atoms with E-state index < -0.39 is 17.7 Å². The van der Waals surface area contributed by atoms with Crippen molar-refractivity contribution in [3.8, 4) is 0 Å². The van der Waals surface area contributed by atoms with Crippen LogP contribution in [0.2, 0.25) is 0 Å². The first kappa shape index (κ1) is 16.4. The number of ketones is 1. The summed E-state index contributed by atoms with van der Waals surface area (Å²) in [5.74, 6) is -0.0586. The number of ether oxygens (including phenoxy) is 2. The van der Waals surface area contributed by atoms with E-state index in [1.807, 2.05) is 0 Å². The Morgan fingerprint density at radius 3 is 2.68 bits per heavy atom. The largest absolute Gasteiger partial charge is 0.444 e. The van der Waals surface area contributed by atoms with Crippen LogP contribution in [-0.4, -0.2) is 53.2 Å². The average molecular weight is 306 g/mol. The fourth-order valence-corrected chi connectivity index (χ4v) is 2.23. The predicted molar refractivity (Wildman–Crippen MR) is 80.5 cm³/mol. The molecule has 0 aromatic carbocycles. The third-order valence-corrected chi connectivity index (χ3v) is 3.26. The second-order valence-corrected chi connectivity index (χ2v) is 6.26. The molecule has 1 unspecified atom stereocenters. The maximum absolute atomic E-state index is 12.5. The van der Waals surface area contributed by atoms with E-state index in [2.05, 4.69) is 4.98 Å². The molecule has 1 amide bonds. The first-order valence-corrected chi connectivity index (χ1v) is 7.36. The van der Waals surface area contributed by atoms with Crippen molar-refractivity contribution in [2.24, 2.45) is 0 Å². The molecule has 1 aliphatic heterocycles. The van der Waals surface area contributed by atoms with Crippen LogP contribution in [0.15, 0.2) is 24.5 Å². The van der Waals surface area contributed by atoms with Crippen molar-refractivity contribution in [2.75, 3.05) is 19.8 Å². The third kappa shape index (κ3) is 4.53. The van der Waals surface area contributed by atoms with Gasteiger partial charge in [0, 0.05) is 25.4 Å². The minimum Gasteiger partial charge on any atom is -0.444 e. The lowest BCUT2D eigenvalue weighted by atomic mass is 10.0. The number of nitrogens with zero attached hydrogens (tertiary/aromatic N) is 2. The van der Waals surface area contributed by atoms with Crippen molar-refractivity contribution in [1.29, 1.82) is 0 Å². The molecule has 6 heteroatoms. The summed E-state index contributed by atoms with van der Waals surface area (Å²) < 4.78 is 10.7. The summed E-state index contributed by atoms with van der Waals surface area (Å²) in [5.41, 5.74) is 0.281. The van der Waals surface area contributed by atoms with Crippen LogP contribution in [0, 0.1) is 0 Å². The molecule has 0 spiro atoms. The van der Waals surface area contributed by atoms with E-state index >= 15 is 0 Å². The van der Waals surface area contributed by atoms with Crippen molar-refractivity contribution in [3.63, 3.8) is 0 Å². The lowest BCUT2D eigenvalue weighted by molar-refractivity contribution is -0.129. The first-order chi connectivity index (χ1) is 10.4. The van der Waals surface area contributed by atoms with Gasteiger partial charge in [-0.2, -0.15) is 0 Å². The summed E-state index contributed by atoms with van der Waals surface area (Å²) in [4.78, 5) is 30.2. The molecule has 1 aliphatic rings. The van der Waals surface area contributed by atoms with Crippen LogP contribution < -0.4 is 0 Å². The molecule has 0 saturated carbocycles.